The molecule has 1 unspecified atom stereocenters. The molecule has 3 rings (SSSR count). The molecule has 0 aliphatic rings. The molecule has 0 aliphatic heterocycles. The summed E-state index contributed by atoms with van der Waals surface area (Å²) >= 11 is 0. The molecule has 0 saturated heterocycles. The Morgan fingerprint density at radius 3 is 2.54 bits per heavy atom. The maximum absolute atomic E-state index is 13.7. The van der Waals surface area contributed by atoms with Crippen molar-refractivity contribution in [2.75, 3.05) is 19.2 Å². The van der Waals surface area contributed by atoms with Gasteiger partial charge in [-0.25, -0.2) is 20.0 Å². The van der Waals surface area contributed by atoms with Gasteiger partial charge in [-0.05, 0) is 45.0 Å². The fourth-order valence-electron chi connectivity index (χ4n) is 3.16. The first-order chi connectivity index (χ1) is 16.4. The van der Waals surface area contributed by atoms with Crippen molar-refractivity contribution >= 4 is 36.3 Å². The summed E-state index contributed by atoms with van der Waals surface area (Å²) in [7, 11) is -2.40. The third-order valence-electron chi connectivity index (χ3n) is 5.05. The number of nitrogens with one attached hydrogen (secondary N) is 2. The van der Waals surface area contributed by atoms with E-state index in [9.17, 15) is 19.3 Å². The number of amides is 1. The molecule has 14 heteroatoms. The molecule has 3 aromatic rings. The Kier molecular flexibility index (Phi) is 7.73. The average Bonchev–Trinajstić information content (AvgIpc) is 3.21. The van der Waals surface area contributed by atoms with Gasteiger partial charge in [-0.1, -0.05) is 0 Å². The van der Waals surface area contributed by atoms with Crippen LogP contribution in [0.1, 0.15) is 31.1 Å². The summed E-state index contributed by atoms with van der Waals surface area (Å²) < 4.78 is 26.3. The van der Waals surface area contributed by atoms with Crippen LogP contribution in [0.25, 0.3) is 11.2 Å². The number of fused-ring (bicyclic) bond motifs is 1. The van der Waals surface area contributed by atoms with Gasteiger partial charge in [-0.15, -0.1) is 0 Å². The Bertz CT molecular complexity index is 1260. The van der Waals surface area contributed by atoms with Gasteiger partial charge in [0.15, 0.2) is 11.5 Å². The molecular weight excluding hydrogens is 477 g/mol. The smallest absolute Gasteiger partial charge is 0.323 e. The van der Waals surface area contributed by atoms with Gasteiger partial charge in [-0.3, -0.25) is 19.2 Å². The highest BCUT2D eigenvalue weighted by molar-refractivity contribution is 7.60. The molecule has 0 spiro atoms. The van der Waals surface area contributed by atoms with E-state index >= 15 is 0 Å². The third-order valence-corrected chi connectivity index (χ3v) is 7.05. The number of anilines is 1. The second-order valence-corrected chi connectivity index (χ2v) is 10.6. The molecule has 0 saturated carbocycles. The second-order valence-electron chi connectivity index (χ2n) is 8.39. The Hall–Kier alpha value is -3.54. The van der Waals surface area contributed by atoms with Gasteiger partial charge in [0.25, 0.3) is 13.4 Å². The van der Waals surface area contributed by atoms with Gasteiger partial charge in [0.2, 0.25) is 0 Å². The van der Waals surface area contributed by atoms with E-state index in [4.69, 9.17) is 15.2 Å². The number of carboxylic acids is 1. The van der Waals surface area contributed by atoms with Crippen LogP contribution in [-0.2, 0) is 20.6 Å². The van der Waals surface area contributed by atoms with Crippen molar-refractivity contribution in [3.8, 4) is 5.75 Å². The zero-order chi connectivity index (χ0) is 25.8. The van der Waals surface area contributed by atoms with E-state index in [0.29, 0.717) is 16.9 Å². The van der Waals surface area contributed by atoms with E-state index in [1.54, 1.807) is 23.6 Å². The molecule has 2 aromatic heterocycles. The van der Waals surface area contributed by atoms with Crippen LogP contribution in [0.3, 0.4) is 0 Å². The van der Waals surface area contributed by atoms with E-state index in [0.717, 1.165) is 0 Å². The zero-order valence-electron chi connectivity index (χ0n) is 19.8. The molecule has 2 atom stereocenters. The Labute approximate surface area is 201 Å². The first kappa shape index (κ1) is 26.1. The predicted octanol–water partition coefficient (Wildman–Crippen LogP) is 1.86. The van der Waals surface area contributed by atoms with Crippen LogP contribution in [-0.4, -0.2) is 61.6 Å². The van der Waals surface area contributed by atoms with Crippen molar-refractivity contribution in [1.82, 2.24) is 29.7 Å². The molecule has 188 valence electrons. The lowest BCUT2D eigenvalue weighted by molar-refractivity contribution is -0.142. The average molecular weight is 505 g/mol. The molecule has 2 heterocycles. The number of nitrogen functional groups attached to an aromatic ring is 1. The highest BCUT2D eigenvalue weighted by Gasteiger charge is 2.37. The standard InChI is InChI=1S/C21H28N7O6P/c1-13(9-28-11-25-16-17(22)23-10-24-18(16)28)34-12-35(32,27-21(2,3)20(30)31)26-19(29)14-5-7-15(33-4)8-6-14/h5-8,10-11,13H,9,12H2,1-4H3,(H,30,31)(H2,22,23,24)(H2,26,27,29,32)/t13-,35?/m0/s1. The van der Waals surface area contributed by atoms with Crippen LogP contribution in [0.4, 0.5) is 5.82 Å². The summed E-state index contributed by atoms with van der Waals surface area (Å²) in [5.74, 6) is -1.11. The van der Waals surface area contributed by atoms with Crippen LogP contribution in [0, 0.1) is 0 Å². The number of hydrogen-bond donors (Lipinski definition) is 4. The number of carboxylic acid groups (broad SMARTS) is 1. The maximum atomic E-state index is 13.7. The molecule has 35 heavy (non-hydrogen) atoms. The lowest BCUT2D eigenvalue weighted by atomic mass is 10.1. The number of aromatic nitrogens is 4. The first-order valence-corrected chi connectivity index (χ1v) is 12.4. The van der Waals surface area contributed by atoms with E-state index in [1.807, 2.05) is 0 Å². The Morgan fingerprint density at radius 2 is 1.91 bits per heavy atom. The highest BCUT2D eigenvalue weighted by Crippen LogP contribution is 2.40. The number of nitrogens with two attached hydrogens (primary N) is 1. The van der Waals surface area contributed by atoms with E-state index in [2.05, 4.69) is 25.1 Å². The van der Waals surface area contributed by atoms with Crippen molar-refractivity contribution in [3.63, 3.8) is 0 Å². The molecule has 5 N–H and O–H groups in total. The minimum absolute atomic E-state index is 0.219. The van der Waals surface area contributed by atoms with Crippen LogP contribution >= 0.6 is 7.44 Å². The summed E-state index contributed by atoms with van der Waals surface area (Å²) in [4.78, 5) is 36.7. The number of methoxy groups -OCH3 is 1. The second kappa shape index (κ2) is 10.4. The van der Waals surface area contributed by atoms with Crippen molar-refractivity contribution in [3.05, 3.63) is 42.5 Å². The molecule has 13 nitrogen and oxygen atoms in total. The minimum atomic E-state index is -3.89. The third kappa shape index (κ3) is 6.32. The number of rotatable bonds is 11. The van der Waals surface area contributed by atoms with Crippen molar-refractivity contribution in [1.29, 1.82) is 0 Å². The van der Waals surface area contributed by atoms with Gasteiger partial charge >= 0.3 is 5.97 Å². The molecule has 0 bridgehead atoms. The summed E-state index contributed by atoms with van der Waals surface area (Å²) in [5.41, 5.74) is 5.38. The van der Waals surface area contributed by atoms with Crippen LogP contribution in [0.2, 0.25) is 0 Å². The number of nitrogens with zero attached hydrogens (tertiary/aromatic N) is 4. The summed E-state index contributed by atoms with van der Waals surface area (Å²) in [5, 5.41) is 14.5. The molecular formula is C21H28N7O6P. The van der Waals surface area contributed by atoms with Crippen LogP contribution in [0.5, 0.6) is 5.75 Å². The van der Waals surface area contributed by atoms with Crippen molar-refractivity contribution in [2.45, 2.75) is 39.0 Å². The number of imidazole rings is 1. The highest BCUT2D eigenvalue weighted by atomic mass is 31.2. The summed E-state index contributed by atoms with van der Waals surface area (Å²) in [6, 6.07) is 6.17. The molecule has 1 aromatic carbocycles. The van der Waals surface area contributed by atoms with Crippen LogP contribution in [0.15, 0.2) is 36.9 Å². The first-order valence-electron chi connectivity index (χ1n) is 10.6. The zero-order valence-corrected chi connectivity index (χ0v) is 20.7. The largest absolute Gasteiger partial charge is 0.497 e. The maximum Gasteiger partial charge on any atom is 0.323 e. The van der Waals surface area contributed by atoms with Crippen molar-refractivity contribution < 1.29 is 28.7 Å². The number of benzene rings is 1. The lowest BCUT2D eigenvalue weighted by Gasteiger charge is -2.29. The quantitative estimate of drug-likeness (QED) is 0.279. The number of ether oxygens (including phenoxy) is 2. The predicted molar refractivity (Wildman–Crippen MR) is 128 cm³/mol. The fourth-order valence-corrected chi connectivity index (χ4v) is 5.26. The van der Waals surface area contributed by atoms with Gasteiger partial charge < -0.3 is 24.9 Å². The number of hydrogen-bond acceptors (Lipinski definition) is 9. The Balaban J connectivity index is 1.75. The van der Waals surface area contributed by atoms with E-state index in [-0.39, 0.29) is 17.9 Å². The van der Waals surface area contributed by atoms with E-state index in [1.165, 1.54) is 45.7 Å². The number of aliphatic carboxylic acids is 1. The summed E-state index contributed by atoms with van der Waals surface area (Å²) in [6.07, 6.45) is 1.88. The molecule has 0 fully saturated rings. The SMILES string of the molecule is COc1ccc(C(=O)NP(=O)(CO[C@@H](C)Cn2cnc3c(N)ncnc32)NC(C)(C)C(=O)O)cc1. The minimum Gasteiger partial charge on any atom is -0.497 e. The normalized spacial score (nSPS) is 14.3. The van der Waals surface area contributed by atoms with E-state index < -0.39 is 37.3 Å². The molecule has 1 amide bonds. The lowest BCUT2D eigenvalue weighted by Crippen LogP contribution is -2.48. The van der Waals surface area contributed by atoms with Gasteiger partial charge in [-0.2, -0.15) is 0 Å². The van der Waals surface area contributed by atoms with Gasteiger partial charge in [0.1, 0.15) is 29.5 Å². The molecule has 0 radical (unpaired) electrons. The summed E-state index contributed by atoms with van der Waals surface area (Å²) in [6.45, 7) is 4.69. The fraction of sp³-hybridized carbons (Fsp3) is 0.381. The van der Waals surface area contributed by atoms with Crippen LogP contribution < -0.4 is 20.6 Å². The number of carbonyl (C=O) groups is 2. The number of carbonyl (C=O) groups excluding carboxylic acids is 1. The van der Waals surface area contributed by atoms with Crippen molar-refractivity contribution in [2.24, 2.45) is 0 Å². The Morgan fingerprint density at radius 1 is 1.23 bits per heavy atom. The monoisotopic (exact) mass is 505 g/mol. The topological polar surface area (TPSA) is 184 Å². The van der Waals surface area contributed by atoms with Gasteiger partial charge in [0.05, 0.1) is 26.1 Å². The molecule has 0 aliphatic carbocycles. The van der Waals surface area contributed by atoms with Gasteiger partial charge in [0, 0.05) is 5.56 Å².